The third-order valence-corrected chi connectivity index (χ3v) is 2.68. The van der Waals surface area contributed by atoms with E-state index in [0.717, 1.165) is 12.3 Å². The van der Waals surface area contributed by atoms with Crippen molar-refractivity contribution in [3.05, 3.63) is 23.6 Å². The number of halogens is 1. The van der Waals surface area contributed by atoms with Crippen LogP contribution < -0.4 is 16.0 Å². The molecule has 7 nitrogen and oxygen atoms in total. The van der Waals surface area contributed by atoms with Crippen molar-refractivity contribution in [1.82, 2.24) is 15.6 Å². The Morgan fingerprint density at radius 3 is 2.81 bits per heavy atom. The van der Waals surface area contributed by atoms with Crippen molar-refractivity contribution in [2.75, 3.05) is 32.6 Å². The summed E-state index contributed by atoms with van der Waals surface area (Å²) in [5.41, 5.74) is 0.0361. The fourth-order valence-corrected chi connectivity index (χ4v) is 1.58. The Kier molecular flexibility index (Phi) is 6.54. The average Bonchev–Trinajstić information content (AvgIpc) is 2.47. The predicted molar refractivity (Wildman–Crippen MR) is 75.6 cm³/mol. The number of aromatic nitrogens is 1. The van der Waals surface area contributed by atoms with E-state index >= 15 is 0 Å². The number of methoxy groups -OCH3 is 1. The minimum atomic E-state index is -0.762. The van der Waals surface area contributed by atoms with Crippen LogP contribution in [0, 0.1) is 5.82 Å². The van der Waals surface area contributed by atoms with Crippen LogP contribution in [0.25, 0.3) is 0 Å². The van der Waals surface area contributed by atoms with Crippen LogP contribution in [-0.4, -0.2) is 50.1 Å². The van der Waals surface area contributed by atoms with Crippen LogP contribution >= 0.6 is 0 Å². The molecule has 0 aliphatic heterocycles. The Morgan fingerprint density at radius 2 is 2.19 bits per heavy atom. The summed E-state index contributed by atoms with van der Waals surface area (Å²) in [6.45, 7) is 2.26. The molecule has 8 heteroatoms. The van der Waals surface area contributed by atoms with Crippen LogP contribution in [-0.2, 0) is 9.53 Å². The number of nitrogens with zero attached hydrogens (tertiary/aromatic N) is 1. The molecular weight excluding hydrogens is 279 g/mol. The Balaban J connectivity index is 2.68. The SMILES string of the molecule is CNc1ncc(F)cc1C(=O)NC(C)C(=O)NCCOC. The van der Waals surface area contributed by atoms with Crippen LogP contribution in [0.1, 0.15) is 17.3 Å². The number of hydrogen-bond donors (Lipinski definition) is 3. The van der Waals surface area contributed by atoms with E-state index in [1.54, 1.807) is 7.05 Å². The van der Waals surface area contributed by atoms with Crippen LogP contribution in [0.5, 0.6) is 0 Å². The first-order chi connectivity index (χ1) is 9.99. The zero-order chi connectivity index (χ0) is 15.8. The number of carbonyl (C=O) groups is 2. The normalized spacial score (nSPS) is 11.6. The zero-order valence-corrected chi connectivity index (χ0v) is 12.2. The predicted octanol–water partition coefficient (Wildman–Crippen LogP) is 0.143. The highest BCUT2D eigenvalue weighted by Crippen LogP contribution is 2.12. The third-order valence-electron chi connectivity index (χ3n) is 2.68. The van der Waals surface area contributed by atoms with Crippen molar-refractivity contribution in [2.45, 2.75) is 13.0 Å². The number of pyridine rings is 1. The first-order valence-electron chi connectivity index (χ1n) is 6.40. The average molecular weight is 298 g/mol. The van der Waals surface area contributed by atoms with Gasteiger partial charge < -0.3 is 20.7 Å². The lowest BCUT2D eigenvalue weighted by molar-refractivity contribution is -0.122. The van der Waals surface area contributed by atoms with Crippen LogP contribution in [0.2, 0.25) is 0 Å². The number of ether oxygens (including phenoxy) is 1. The summed E-state index contributed by atoms with van der Waals surface area (Å²) in [6, 6.07) is 0.298. The van der Waals surface area contributed by atoms with Crippen LogP contribution in [0.4, 0.5) is 10.2 Å². The van der Waals surface area contributed by atoms with Gasteiger partial charge in [-0.25, -0.2) is 9.37 Å². The number of hydrogen-bond acceptors (Lipinski definition) is 5. The van der Waals surface area contributed by atoms with Gasteiger partial charge in [0.1, 0.15) is 17.7 Å². The number of anilines is 1. The molecule has 0 bridgehead atoms. The molecule has 1 heterocycles. The number of amides is 2. The van der Waals surface area contributed by atoms with Gasteiger partial charge in [0.25, 0.3) is 5.91 Å². The maximum atomic E-state index is 13.2. The summed E-state index contributed by atoms with van der Waals surface area (Å²) >= 11 is 0. The van der Waals surface area contributed by atoms with Crippen LogP contribution in [0.3, 0.4) is 0 Å². The highest BCUT2D eigenvalue weighted by atomic mass is 19.1. The Labute approximate surface area is 122 Å². The molecule has 0 spiro atoms. The summed E-state index contributed by atoms with van der Waals surface area (Å²) in [4.78, 5) is 27.5. The molecular formula is C13H19FN4O3. The molecule has 0 fully saturated rings. The molecule has 0 saturated carbocycles. The minimum Gasteiger partial charge on any atom is -0.383 e. The summed E-state index contributed by atoms with van der Waals surface area (Å²) in [5, 5.41) is 7.77. The lowest BCUT2D eigenvalue weighted by Crippen LogP contribution is -2.45. The number of rotatable bonds is 7. The van der Waals surface area contributed by atoms with Crippen molar-refractivity contribution in [1.29, 1.82) is 0 Å². The molecule has 21 heavy (non-hydrogen) atoms. The molecule has 3 N–H and O–H groups in total. The highest BCUT2D eigenvalue weighted by Gasteiger charge is 2.19. The lowest BCUT2D eigenvalue weighted by atomic mass is 10.2. The van der Waals surface area contributed by atoms with Gasteiger partial charge in [0.2, 0.25) is 5.91 Å². The molecule has 1 atom stereocenters. The molecule has 0 saturated heterocycles. The van der Waals surface area contributed by atoms with Gasteiger partial charge in [-0.1, -0.05) is 0 Å². The fourth-order valence-electron chi connectivity index (χ4n) is 1.58. The van der Waals surface area contributed by atoms with E-state index in [1.807, 2.05) is 0 Å². The van der Waals surface area contributed by atoms with Gasteiger partial charge in [-0.3, -0.25) is 9.59 Å². The molecule has 0 radical (unpaired) electrons. The van der Waals surface area contributed by atoms with E-state index in [1.165, 1.54) is 14.0 Å². The van der Waals surface area contributed by atoms with E-state index in [-0.39, 0.29) is 17.3 Å². The van der Waals surface area contributed by atoms with Crippen molar-refractivity contribution >= 4 is 17.6 Å². The monoisotopic (exact) mass is 298 g/mol. The second kappa shape index (κ2) is 8.15. The molecule has 2 amide bonds. The second-order valence-corrected chi connectivity index (χ2v) is 4.28. The van der Waals surface area contributed by atoms with E-state index in [9.17, 15) is 14.0 Å². The van der Waals surface area contributed by atoms with Gasteiger partial charge in [-0.05, 0) is 13.0 Å². The van der Waals surface area contributed by atoms with Crippen molar-refractivity contribution < 1.29 is 18.7 Å². The van der Waals surface area contributed by atoms with E-state index < -0.39 is 17.8 Å². The largest absolute Gasteiger partial charge is 0.383 e. The van der Waals surface area contributed by atoms with Gasteiger partial charge in [-0.15, -0.1) is 0 Å². The highest BCUT2D eigenvalue weighted by molar-refractivity contribution is 6.01. The molecule has 1 aromatic heterocycles. The van der Waals surface area contributed by atoms with E-state index in [2.05, 4.69) is 20.9 Å². The van der Waals surface area contributed by atoms with Gasteiger partial charge >= 0.3 is 0 Å². The summed E-state index contributed by atoms with van der Waals surface area (Å²) in [5.74, 6) is -1.33. The first kappa shape index (κ1) is 16.8. The smallest absolute Gasteiger partial charge is 0.255 e. The van der Waals surface area contributed by atoms with Gasteiger partial charge in [-0.2, -0.15) is 0 Å². The molecule has 1 aromatic rings. The van der Waals surface area contributed by atoms with Crippen molar-refractivity contribution in [3.8, 4) is 0 Å². The molecule has 1 rings (SSSR count). The molecule has 0 aliphatic rings. The maximum Gasteiger partial charge on any atom is 0.255 e. The van der Waals surface area contributed by atoms with Crippen LogP contribution in [0.15, 0.2) is 12.3 Å². The zero-order valence-electron chi connectivity index (χ0n) is 12.2. The number of carbonyl (C=O) groups excluding carboxylic acids is 2. The topological polar surface area (TPSA) is 92.4 Å². The molecule has 0 aromatic carbocycles. The van der Waals surface area contributed by atoms with Gasteiger partial charge in [0, 0.05) is 20.7 Å². The molecule has 0 aliphatic carbocycles. The standard InChI is InChI=1S/C13H19FN4O3/c1-8(12(19)16-4-5-21-3)18-13(20)10-6-9(14)7-17-11(10)15-2/h6-8H,4-5H2,1-3H3,(H,15,17)(H,16,19)(H,18,20). The van der Waals surface area contributed by atoms with E-state index in [4.69, 9.17) is 4.74 Å². The molecule has 116 valence electrons. The van der Waals surface area contributed by atoms with Crippen molar-refractivity contribution in [3.63, 3.8) is 0 Å². The third kappa shape index (κ3) is 4.99. The van der Waals surface area contributed by atoms with E-state index in [0.29, 0.717) is 13.2 Å². The Hall–Kier alpha value is -2.22. The van der Waals surface area contributed by atoms with Gasteiger partial charge in [0.15, 0.2) is 0 Å². The number of nitrogens with one attached hydrogen (secondary N) is 3. The Morgan fingerprint density at radius 1 is 1.48 bits per heavy atom. The molecule has 1 unspecified atom stereocenters. The summed E-state index contributed by atoms with van der Waals surface area (Å²) < 4.78 is 18.0. The minimum absolute atomic E-state index is 0.0361. The fraction of sp³-hybridized carbons (Fsp3) is 0.462. The first-order valence-corrected chi connectivity index (χ1v) is 6.40. The lowest BCUT2D eigenvalue weighted by Gasteiger charge is -2.15. The van der Waals surface area contributed by atoms with Gasteiger partial charge in [0.05, 0.1) is 18.4 Å². The quantitative estimate of drug-likeness (QED) is 0.623. The summed E-state index contributed by atoms with van der Waals surface area (Å²) in [6.07, 6.45) is 1.00. The Bertz CT molecular complexity index is 510. The second-order valence-electron chi connectivity index (χ2n) is 4.28. The maximum absolute atomic E-state index is 13.2. The summed E-state index contributed by atoms with van der Waals surface area (Å²) in [7, 11) is 3.09. The van der Waals surface area contributed by atoms with Crippen molar-refractivity contribution in [2.24, 2.45) is 0 Å².